The molecule has 2 amide bonds. The number of nitrogens with zero attached hydrogens (tertiary/aromatic N) is 2. The van der Waals surface area contributed by atoms with Gasteiger partial charge >= 0.3 is 17.5 Å². The van der Waals surface area contributed by atoms with Crippen LogP contribution in [0, 0.1) is 17.0 Å². The highest BCUT2D eigenvalue weighted by Crippen LogP contribution is 2.36. The molecule has 0 unspecified atom stereocenters. The van der Waals surface area contributed by atoms with Gasteiger partial charge in [-0.15, -0.1) is 0 Å². The van der Waals surface area contributed by atoms with Crippen molar-refractivity contribution in [3.8, 4) is 11.5 Å². The molecule has 10 heteroatoms. The molecule has 0 spiro atoms. The van der Waals surface area contributed by atoms with E-state index in [1.807, 2.05) is 36.6 Å². The second-order valence-electron chi connectivity index (χ2n) is 5.72. The van der Waals surface area contributed by atoms with Crippen molar-refractivity contribution in [2.45, 2.75) is 13.5 Å². The van der Waals surface area contributed by atoms with E-state index >= 15 is 0 Å². The Balaban J connectivity index is 1.96. The highest BCUT2D eigenvalue weighted by Gasteiger charge is 2.19. The number of hydrogen-bond donors (Lipinski definition) is 3. The van der Waals surface area contributed by atoms with E-state index in [2.05, 4.69) is 10.4 Å². The Morgan fingerprint density at radius 2 is 1.93 bits per heavy atom. The molecule has 0 aliphatic rings. The number of carbonyl (C=O) groups is 2. The number of phenolic OH excluding ortho intramolecular Hbond substituents is 1. The molecule has 0 atom stereocenters. The molecule has 0 aliphatic heterocycles. The number of nitro benzene ring substituents is 1. The van der Waals surface area contributed by atoms with Gasteiger partial charge in [-0.25, -0.2) is 5.43 Å². The number of methoxy groups -OCH3 is 1. The molecule has 0 saturated carbocycles. The van der Waals surface area contributed by atoms with Crippen molar-refractivity contribution in [3.63, 3.8) is 0 Å². The maximum atomic E-state index is 11.8. The third-order valence-corrected chi connectivity index (χ3v) is 3.65. The van der Waals surface area contributed by atoms with Crippen molar-refractivity contribution < 1.29 is 24.4 Å². The van der Waals surface area contributed by atoms with Gasteiger partial charge in [-0.05, 0) is 18.6 Å². The molecular formula is C18H18N4O6. The standard InChI is InChI=1S/C18H18N4O6/c1-11-3-5-12(6-4-11)9-19-17(24)18(25)21-20-10-13-7-14(22(26)27)16(23)15(8-13)28-2/h3-8,10,23H,9H2,1-2H3,(H,19,24)(H,21,25)/b20-10+. The van der Waals surface area contributed by atoms with Crippen molar-refractivity contribution in [2.75, 3.05) is 7.11 Å². The van der Waals surface area contributed by atoms with E-state index in [0.717, 1.165) is 23.4 Å². The van der Waals surface area contributed by atoms with Gasteiger partial charge in [0.2, 0.25) is 5.75 Å². The first-order valence-electron chi connectivity index (χ1n) is 8.04. The predicted molar refractivity (Wildman–Crippen MR) is 100 cm³/mol. The van der Waals surface area contributed by atoms with Crippen LogP contribution < -0.4 is 15.5 Å². The van der Waals surface area contributed by atoms with Gasteiger partial charge in [0, 0.05) is 18.2 Å². The molecule has 2 rings (SSSR count). The molecular weight excluding hydrogens is 368 g/mol. The lowest BCUT2D eigenvalue weighted by atomic mass is 10.1. The van der Waals surface area contributed by atoms with Crippen LogP contribution in [0.15, 0.2) is 41.5 Å². The average molecular weight is 386 g/mol. The summed E-state index contributed by atoms with van der Waals surface area (Å²) < 4.78 is 4.86. The quantitative estimate of drug-likeness (QED) is 0.296. The zero-order chi connectivity index (χ0) is 20.7. The largest absolute Gasteiger partial charge is 0.500 e. The zero-order valence-corrected chi connectivity index (χ0v) is 15.1. The Morgan fingerprint density at radius 1 is 1.25 bits per heavy atom. The molecule has 0 radical (unpaired) electrons. The van der Waals surface area contributed by atoms with Gasteiger partial charge < -0.3 is 15.2 Å². The molecule has 146 valence electrons. The van der Waals surface area contributed by atoms with Crippen LogP contribution in [0.1, 0.15) is 16.7 Å². The van der Waals surface area contributed by atoms with Crippen LogP contribution in [0.2, 0.25) is 0 Å². The fourth-order valence-corrected chi connectivity index (χ4v) is 2.17. The fraction of sp³-hybridized carbons (Fsp3) is 0.167. The molecule has 10 nitrogen and oxygen atoms in total. The van der Waals surface area contributed by atoms with Crippen LogP contribution in [0.3, 0.4) is 0 Å². The molecule has 0 fully saturated rings. The number of rotatable bonds is 6. The van der Waals surface area contributed by atoms with Gasteiger partial charge in [0.1, 0.15) is 0 Å². The van der Waals surface area contributed by atoms with Crippen LogP contribution in [0.5, 0.6) is 11.5 Å². The number of aryl methyl sites for hydroxylation is 1. The first-order chi connectivity index (χ1) is 13.3. The topological polar surface area (TPSA) is 143 Å². The van der Waals surface area contributed by atoms with E-state index in [1.165, 1.54) is 13.2 Å². The molecule has 0 aromatic heterocycles. The van der Waals surface area contributed by atoms with Crippen LogP contribution >= 0.6 is 0 Å². The summed E-state index contributed by atoms with van der Waals surface area (Å²) in [4.78, 5) is 33.7. The summed E-state index contributed by atoms with van der Waals surface area (Å²) in [5.74, 6) is -2.63. The predicted octanol–water partition coefficient (Wildman–Crippen LogP) is 1.38. The minimum atomic E-state index is -0.997. The monoisotopic (exact) mass is 386 g/mol. The van der Waals surface area contributed by atoms with Gasteiger partial charge in [0.15, 0.2) is 5.75 Å². The minimum Gasteiger partial charge on any atom is -0.500 e. The number of hydrogen-bond acceptors (Lipinski definition) is 7. The van der Waals surface area contributed by atoms with Crippen LogP contribution in [0.4, 0.5) is 5.69 Å². The van der Waals surface area contributed by atoms with E-state index in [0.29, 0.717) is 0 Å². The second-order valence-corrected chi connectivity index (χ2v) is 5.72. The summed E-state index contributed by atoms with van der Waals surface area (Å²) in [5, 5.41) is 26.7. The lowest BCUT2D eigenvalue weighted by Crippen LogP contribution is -2.37. The van der Waals surface area contributed by atoms with Gasteiger partial charge in [-0.1, -0.05) is 29.8 Å². The van der Waals surface area contributed by atoms with E-state index in [1.54, 1.807) is 0 Å². The van der Waals surface area contributed by atoms with Gasteiger partial charge in [-0.2, -0.15) is 5.10 Å². The first-order valence-corrected chi connectivity index (χ1v) is 8.04. The number of amides is 2. The number of aromatic hydroxyl groups is 1. The SMILES string of the molecule is COc1cc(/C=N/NC(=O)C(=O)NCc2ccc(C)cc2)cc([N+](=O)[O-])c1O. The van der Waals surface area contributed by atoms with Crippen molar-refractivity contribution in [1.82, 2.24) is 10.7 Å². The summed E-state index contributed by atoms with van der Waals surface area (Å²) in [5.41, 5.74) is 3.53. The van der Waals surface area contributed by atoms with Crippen molar-refractivity contribution in [3.05, 3.63) is 63.2 Å². The Bertz CT molecular complexity index is 924. The second kappa shape index (κ2) is 9.12. The summed E-state index contributed by atoms with van der Waals surface area (Å²) in [7, 11) is 1.24. The number of benzene rings is 2. The van der Waals surface area contributed by atoms with Crippen LogP contribution in [-0.2, 0) is 16.1 Å². The third kappa shape index (κ3) is 5.27. The number of ether oxygens (including phenoxy) is 1. The molecule has 28 heavy (non-hydrogen) atoms. The molecule has 0 aliphatic carbocycles. The summed E-state index contributed by atoms with van der Waals surface area (Å²) in [6, 6.07) is 9.77. The number of nitro groups is 1. The Labute approximate surface area is 160 Å². The fourth-order valence-electron chi connectivity index (χ4n) is 2.17. The zero-order valence-electron chi connectivity index (χ0n) is 15.1. The number of carbonyl (C=O) groups excluding carboxylic acids is 2. The Hall–Kier alpha value is -3.95. The van der Waals surface area contributed by atoms with E-state index in [4.69, 9.17) is 4.74 Å². The van der Waals surface area contributed by atoms with Crippen molar-refractivity contribution in [1.29, 1.82) is 0 Å². The number of hydrazone groups is 1. The minimum absolute atomic E-state index is 0.127. The van der Waals surface area contributed by atoms with E-state index in [9.17, 15) is 24.8 Å². The number of phenols is 1. The lowest BCUT2D eigenvalue weighted by Gasteiger charge is -2.05. The summed E-state index contributed by atoms with van der Waals surface area (Å²) >= 11 is 0. The van der Waals surface area contributed by atoms with Gasteiger partial charge in [0.25, 0.3) is 0 Å². The highest BCUT2D eigenvalue weighted by atomic mass is 16.6. The third-order valence-electron chi connectivity index (χ3n) is 3.65. The molecule has 2 aromatic rings. The Morgan fingerprint density at radius 3 is 2.54 bits per heavy atom. The van der Waals surface area contributed by atoms with Gasteiger partial charge in [-0.3, -0.25) is 19.7 Å². The molecule has 0 saturated heterocycles. The van der Waals surface area contributed by atoms with E-state index in [-0.39, 0.29) is 17.9 Å². The van der Waals surface area contributed by atoms with E-state index < -0.39 is 28.2 Å². The normalized spacial score (nSPS) is 10.5. The first kappa shape index (κ1) is 20.4. The molecule has 0 heterocycles. The summed E-state index contributed by atoms with van der Waals surface area (Å²) in [6.07, 6.45) is 1.08. The van der Waals surface area contributed by atoms with Crippen molar-refractivity contribution in [2.24, 2.45) is 5.10 Å². The maximum absolute atomic E-state index is 11.8. The average Bonchev–Trinajstić information content (AvgIpc) is 2.67. The smallest absolute Gasteiger partial charge is 0.329 e. The molecule has 2 aromatic carbocycles. The summed E-state index contributed by atoms with van der Waals surface area (Å²) in [6.45, 7) is 2.11. The van der Waals surface area contributed by atoms with Crippen molar-refractivity contribution >= 4 is 23.7 Å². The highest BCUT2D eigenvalue weighted by molar-refractivity contribution is 6.35. The maximum Gasteiger partial charge on any atom is 0.329 e. The Kier molecular flexibility index (Phi) is 6.63. The van der Waals surface area contributed by atoms with Crippen LogP contribution in [-0.4, -0.2) is 35.2 Å². The lowest BCUT2D eigenvalue weighted by molar-refractivity contribution is -0.386. The molecule has 3 N–H and O–H groups in total. The number of nitrogens with one attached hydrogen (secondary N) is 2. The van der Waals surface area contributed by atoms with Crippen LogP contribution in [0.25, 0.3) is 0 Å². The van der Waals surface area contributed by atoms with Gasteiger partial charge in [0.05, 0.1) is 18.2 Å². The molecule has 0 bridgehead atoms.